The number of carbonyl (C=O) groups excluding carboxylic acids is 1. The first-order valence-corrected chi connectivity index (χ1v) is 10.2. The molecule has 2 aliphatic heterocycles. The zero-order chi connectivity index (χ0) is 21.8. The first kappa shape index (κ1) is 21.0. The van der Waals surface area contributed by atoms with E-state index in [0.717, 1.165) is 29.7 Å². The summed E-state index contributed by atoms with van der Waals surface area (Å²) in [6.45, 7) is 0.855. The molecule has 2 aliphatic rings. The molecular formula is C23H23F2NO5. The van der Waals surface area contributed by atoms with Crippen LogP contribution in [0.15, 0.2) is 36.4 Å². The molecule has 0 aromatic heterocycles. The SMILES string of the molecule is CCOc1cc(C(=O)/C=C2\NCCc3cc4c(cc32)OCCCO4)ccc1OC(F)F. The zero-order valence-corrected chi connectivity index (χ0v) is 17.1. The van der Waals surface area contributed by atoms with Crippen molar-refractivity contribution in [2.24, 2.45) is 0 Å². The summed E-state index contributed by atoms with van der Waals surface area (Å²) in [6, 6.07) is 8.04. The van der Waals surface area contributed by atoms with E-state index in [9.17, 15) is 13.6 Å². The molecule has 0 spiro atoms. The van der Waals surface area contributed by atoms with Crippen LogP contribution in [0.25, 0.3) is 5.70 Å². The summed E-state index contributed by atoms with van der Waals surface area (Å²) in [5, 5.41) is 3.26. The Morgan fingerprint density at radius 1 is 1.16 bits per heavy atom. The number of fused-ring (bicyclic) bond motifs is 2. The largest absolute Gasteiger partial charge is 0.490 e. The van der Waals surface area contributed by atoms with Crippen LogP contribution in [-0.4, -0.2) is 38.8 Å². The van der Waals surface area contributed by atoms with Crippen LogP contribution in [0.5, 0.6) is 23.0 Å². The van der Waals surface area contributed by atoms with Gasteiger partial charge >= 0.3 is 6.61 Å². The van der Waals surface area contributed by atoms with E-state index in [1.54, 1.807) is 6.92 Å². The van der Waals surface area contributed by atoms with Gasteiger partial charge in [0, 0.05) is 35.9 Å². The molecule has 8 heteroatoms. The Hall–Kier alpha value is -3.29. The first-order valence-electron chi connectivity index (χ1n) is 10.2. The molecule has 0 atom stereocenters. The van der Waals surface area contributed by atoms with Crippen LogP contribution in [0.1, 0.15) is 34.8 Å². The average molecular weight is 431 g/mol. The molecule has 0 saturated heterocycles. The molecular weight excluding hydrogens is 408 g/mol. The summed E-state index contributed by atoms with van der Waals surface area (Å²) in [4.78, 5) is 12.9. The molecule has 0 bridgehead atoms. The number of rotatable bonds is 6. The molecule has 0 amide bonds. The fraction of sp³-hybridized carbons (Fsp3) is 0.348. The normalized spacial score (nSPS) is 16.3. The van der Waals surface area contributed by atoms with Crippen molar-refractivity contribution in [3.05, 3.63) is 53.1 Å². The molecule has 4 rings (SSSR count). The van der Waals surface area contributed by atoms with Gasteiger partial charge in [-0.1, -0.05) is 0 Å². The number of ketones is 1. The van der Waals surface area contributed by atoms with Crippen molar-refractivity contribution in [3.63, 3.8) is 0 Å². The van der Waals surface area contributed by atoms with Crippen molar-refractivity contribution >= 4 is 11.5 Å². The number of allylic oxidation sites excluding steroid dienone is 1. The Balaban J connectivity index is 1.64. The van der Waals surface area contributed by atoms with E-state index in [1.807, 2.05) is 12.1 Å². The molecule has 1 N–H and O–H groups in total. The zero-order valence-electron chi connectivity index (χ0n) is 17.1. The van der Waals surface area contributed by atoms with Crippen LogP contribution in [0.3, 0.4) is 0 Å². The van der Waals surface area contributed by atoms with Gasteiger partial charge in [0.15, 0.2) is 28.8 Å². The highest BCUT2D eigenvalue weighted by molar-refractivity contribution is 6.09. The highest BCUT2D eigenvalue weighted by Gasteiger charge is 2.21. The Morgan fingerprint density at radius 3 is 2.68 bits per heavy atom. The van der Waals surface area contributed by atoms with E-state index < -0.39 is 6.61 Å². The van der Waals surface area contributed by atoms with Crippen molar-refractivity contribution in [2.45, 2.75) is 26.4 Å². The van der Waals surface area contributed by atoms with Crippen molar-refractivity contribution in [1.82, 2.24) is 5.32 Å². The van der Waals surface area contributed by atoms with Gasteiger partial charge in [0.1, 0.15) is 0 Å². The molecule has 2 aromatic carbocycles. The van der Waals surface area contributed by atoms with Gasteiger partial charge in [-0.2, -0.15) is 8.78 Å². The molecule has 0 fully saturated rings. The third kappa shape index (κ3) is 4.73. The summed E-state index contributed by atoms with van der Waals surface area (Å²) in [5.41, 5.74) is 2.93. The van der Waals surface area contributed by atoms with Crippen molar-refractivity contribution < 1.29 is 32.5 Å². The Bertz CT molecular complexity index is 1010. The number of nitrogens with one attached hydrogen (secondary N) is 1. The lowest BCUT2D eigenvalue weighted by Gasteiger charge is -2.23. The van der Waals surface area contributed by atoms with Crippen LogP contribution in [0, 0.1) is 0 Å². The quantitative estimate of drug-likeness (QED) is 0.546. The van der Waals surface area contributed by atoms with Gasteiger partial charge in [-0.25, -0.2) is 0 Å². The summed E-state index contributed by atoms with van der Waals surface area (Å²) >= 11 is 0. The number of hydrogen-bond donors (Lipinski definition) is 1. The maximum atomic E-state index is 12.9. The van der Waals surface area contributed by atoms with Gasteiger partial charge in [0.05, 0.1) is 19.8 Å². The predicted octanol–water partition coefficient (Wildman–Crippen LogP) is 4.22. The standard InChI is InChI=1S/C23H23F2NO5/c1-2-28-20-11-15(4-5-19(20)31-23(24)25)18(27)13-17-16-12-22-21(29-8-3-9-30-22)10-14(16)6-7-26-17/h4-5,10-13,23,26H,2-3,6-9H2,1H3/b17-13-. The number of benzene rings is 2. The predicted molar refractivity (Wildman–Crippen MR) is 110 cm³/mol. The van der Waals surface area contributed by atoms with Gasteiger partial charge in [-0.15, -0.1) is 0 Å². The van der Waals surface area contributed by atoms with Gasteiger partial charge in [0.2, 0.25) is 0 Å². The Labute approximate surface area is 178 Å². The summed E-state index contributed by atoms with van der Waals surface area (Å²) in [5.74, 6) is 1.08. The molecule has 6 nitrogen and oxygen atoms in total. The molecule has 0 unspecified atom stereocenters. The lowest BCUT2D eigenvalue weighted by Crippen LogP contribution is -2.23. The number of hydrogen-bond acceptors (Lipinski definition) is 6. The number of ether oxygens (including phenoxy) is 4. The highest BCUT2D eigenvalue weighted by Crippen LogP contribution is 2.37. The first-order chi connectivity index (χ1) is 15.0. The second-order valence-electron chi connectivity index (χ2n) is 7.08. The third-order valence-corrected chi connectivity index (χ3v) is 4.99. The maximum absolute atomic E-state index is 12.9. The number of carbonyl (C=O) groups is 1. The van der Waals surface area contributed by atoms with Gasteiger partial charge in [0.25, 0.3) is 0 Å². The van der Waals surface area contributed by atoms with Crippen LogP contribution in [-0.2, 0) is 6.42 Å². The van der Waals surface area contributed by atoms with E-state index in [0.29, 0.717) is 36.8 Å². The van der Waals surface area contributed by atoms with E-state index in [4.69, 9.17) is 14.2 Å². The molecule has 0 saturated carbocycles. The van der Waals surface area contributed by atoms with Crippen molar-refractivity contribution in [3.8, 4) is 23.0 Å². The monoisotopic (exact) mass is 431 g/mol. The minimum atomic E-state index is -2.98. The molecule has 2 aromatic rings. The highest BCUT2D eigenvalue weighted by atomic mass is 19.3. The molecule has 0 aliphatic carbocycles. The fourth-order valence-electron chi connectivity index (χ4n) is 3.60. The van der Waals surface area contributed by atoms with Gasteiger partial charge in [-0.05, 0) is 49.2 Å². The topological polar surface area (TPSA) is 66.0 Å². The third-order valence-electron chi connectivity index (χ3n) is 4.99. The second kappa shape index (κ2) is 9.24. The van der Waals surface area contributed by atoms with E-state index in [1.165, 1.54) is 24.3 Å². The smallest absolute Gasteiger partial charge is 0.387 e. The summed E-state index contributed by atoms with van der Waals surface area (Å²) in [6.07, 6.45) is 3.11. The number of halogens is 2. The van der Waals surface area contributed by atoms with E-state index in [-0.39, 0.29) is 23.9 Å². The number of alkyl halides is 2. The Kier molecular flexibility index (Phi) is 6.25. The van der Waals surface area contributed by atoms with Crippen LogP contribution >= 0.6 is 0 Å². The average Bonchev–Trinajstić information content (AvgIpc) is 2.98. The molecule has 2 heterocycles. The van der Waals surface area contributed by atoms with Crippen LogP contribution in [0.2, 0.25) is 0 Å². The van der Waals surface area contributed by atoms with Gasteiger partial charge < -0.3 is 24.3 Å². The summed E-state index contributed by atoms with van der Waals surface area (Å²) in [7, 11) is 0. The van der Waals surface area contributed by atoms with Crippen LogP contribution in [0.4, 0.5) is 8.78 Å². The van der Waals surface area contributed by atoms with Crippen LogP contribution < -0.4 is 24.3 Å². The van der Waals surface area contributed by atoms with Crippen molar-refractivity contribution in [2.75, 3.05) is 26.4 Å². The Morgan fingerprint density at radius 2 is 1.94 bits per heavy atom. The second-order valence-corrected chi connectivity index (χ2v) is 7.08. The fourth-order valence-corrected chi connectivity index (χ4v) is 3.60. The lowest BCUT2D eigenvalue weighted by molar-refractivity contribution is -0.0514. The molecule has 31 heavy (non-hydrogen) atoms. The van der Waals surface area contributed by atoms with Crippen molar-refractivity contribution in [1.29, 1.82) is 0 Å². The van der Waals surface area contributed by atoms with E-state index >= 15 is 0 Å². The maximum Gasteiger partial charge on any atom is 0.387 e. The summed E-state index contributed by atoms with van der Waals surface area (Å²) < 4.78 is 46.6. The van der Waals surface area contributed by atoms with Gasteiger partial charge in [-0.3, -0.25) is 4.79 Å². The minimum Gasteiger partial charge on any atom is -0.490 e. The molecule has 0 radical (unpaired) electrons. The minimum absolute atomic E-state index is 0.0971. The van der Waals surface area contributed by atoms with E-state index in [2.05, 4.69) is 10.1 Å². The lowest BCUT2D eigenvalue weighted by atomic mass is 9.95. The molecule has 164 valence electrons.